The third-order valence-corrected chi connectivity index (χ3v) is 4.45. The van der Waals surface area contributed by atoms with Gasteiger partial charge >= 0.3 is 0 Å². The van der Waals surface area contributed by atoms with Crippen LogP contribution in [-0.2, 0) is 13.6 Å². The molecule has 2 aromatic rings. The van der Waals surface area contributed by atoms with Crippen LogP contribution in [0.3, 0.4) is 0 Å². The van der Waals surface area contributed by atoms with Gasteiger partial charge in [0.25, 0.3) is 5.91 Å². The maximum atomic E-state index is 12.1. The highest BCUT2D eigenvalue weighted by molar-refractivity contribution is 14.0. The molecule has 1 heterocycles. The number of hydrogen-bond acceptors (Lipinski definition) is 2. The normalized spacial score (nSPS) is 10.9. The second kappa shape index (κ2) is 11.3. The maximum Gasteiger partial charge on any atom is 0.251 e. The lowest BCUT2D eigenvalue weighted by Gasteiger charge is -2.22. The Morgan fingerprint density at radius 2 is 1.96 bits per heavy atom. The molecule has 2 N–H and O–H groups in total. The number of aliphatic imine (C=N–C) groups is 1. The molecule has 0 atom stereocenters. The number of hydrogen-bond donors (Lipinski definition) is 2. The van der Waals surface area contributed by atoms with Gasteiger partial charge in [-0.2, -0.15) is 0 Å². The molecule has 0 aliphatic carbocycles. The molecule has 148 valence electrons. The van der Waals surface area contributed by atoms with Crippen LogP contribution in [0.4, 0.5) is 0 Å². The fraction of sp³-hybridized carbons (Fsp3) is 0.368. The Balaban J connectivity index is 0.00000364. The van der Waals surface area contributed by atoms with E-state index in [4.69, 9.17) is 0 Å². The Morgan fingerprint density at radius 3 is 2.56 bits per heavy atom. The molecule has 1 amide bonds. The van der Waals surface area contributed by atoms with E-state index in [0.717, 1.165) is 22.5 Å². The summed E-state index contributed by atoms with van der Waals surface area (Å²) in [5.74, 6) is 0.722. The summed E-state index contributed by atoms with van der Waals surface area (Å²) in [6.07, 6.45) is 2.03. The summed E-state index contributed by atoms with van der Waals surface area (Å²) in [5, 5.41) is 6.20. The van der Waals surface area contributed by atoms with E-state index in [-0.39, 0.29) is 29.9 Å². The minimum Gasteiger partial charge on any atom is -0.354 e. The van der Waals surface area contributed by atoms with Gasteiger partial charge in [0.2, 0.25) is 0 Å². The number of halogens is 2. The van der Waals surface area contributed by atoms with Crippen molar-refractivity contribution < 1.29 is 4.79 Å². The third-order valence-electron chi connectivity index (χ3n) is 4.02. The van der Waals surface area contributed by atoms with Crippen molar-refractivity contribution in [3.63, 3.8) is 0 Å². The van der Waals surface area contributed by atoms with Crippen LogP contribution in [0.15, 0.2) is 46.0 Å². The number of guanidine groups is 1. The van der Waals surface area contributed by atoms with Crippen molar-refractivity contribution in [2.75, 3.05) is 27.2 Å². The van der Waals surface area contributed by atoms with Gasteiger partial charge in [0.15, 0.2) is 5.96 Å². The molecule has 0 unspecified atom stereocenters. The van der Waals surface area contributed by atoms with E-state index < -0.39 is 0 Å². The average molecular weight is 548 g/mol. The van der Waals surface area contributed by atoms with Gasteiger partial charge in [-0.15, -0.1) is 24.0 Å². The zero-order valence-corrected chi connectivity index (χ0v) is 20.0. The zero-order chi connectivity index (χ0) is 19.1. The molecule has 0 aliphatic rings. The van der Waals surface area contributed by atoms with Crippen molar-refractivity contribution in [1.29, 1.82) is 0 Å². The molecule has 0 spiro atoms. The fourth-order valence-corrected chi connectivity index (χ4v) is 3.24. The van der Waals surface area contributed by atoms with Crippen molar-refractivity contribution in [2.45, 2.75) is 13.5 Å². The van der Waals surface area contributed by atoms with Crippen LogP contribution < -0.4 is 10.6 Å². The lowest BCUT2D eigenvalue weighted by Crippen LogP contribution is -2.42. The van der Waals surface area contributed by atoms with Gasteiger partial charge in [-0.05, 0) is 41.1 Å². The number of aryl methyl sites for hydroxylation is 2. The number of nitrogens with one attached hydrogen (secondary N) is 2. The number of amides is 1. The second-order valence-electron chi connectivity index (χ2n) is 6.22. The highest BCUT2D eigenvalue weighted by atomic mass is 127. The third kappa shape index (κ3) is 7.17. The Morgan fingerprint density at radius 1 is 1.26 bits per heavy atom. The van der Waals surface area contributed by atoms with Crippen molar-refractivity contribution in [3.8, 4) is 0 Å². The predicted octanol–water partition coefficient (Wildman–Crippen LogP) is 3.15. The molecule has 1 aromatic carbocycles. The molecule has 0 fully saturated rings. The molecule has 0 saturated carbocycles. The SMILES string of the molecule is CN=C(NCCNC(=O)c1cccc(C)c1)N(C)Cc1cc(Br)cn1C.I. The minimum atomic E-state index is -0.0625. The Kier molecular flexibility index (Phi) is 9.86. The van der Waals surface area contributed by atoms with Crippen LogP contribution in [0.25, 0.3) is 0 Å². The average Bonchev–Trinajstić information content (AvgIpc) is 2.91. The predicted molar refractivity (Wildman–Crippen MR) is 125 cm³/mol. The Labute approximate surface area is 186 Å². The first-order valence-electron chi connectivity index (χ1n) is 8.48. The summed E-state index contributed by atoms with van der Waals surface area (Å²) in [6.45, 7) is 3.83. The molecule has 0 bridgehead atoms. The van der Waals surface area contributed by atoms with Crippen LogP contribution in [0.2, 0.25) is 0 Å². The second-order valence-corrected chi connectivity index (χ2v) is 7.13. The smallest absolute Gasteiger partial charge is 0.251 e. The van der Waals surface area contributed by atoms with E-state index in [1.807, 2.05) is 56.4 Å². The number of benzene rings is 1. The quantitative estimate of drug-likeness (QED) is 0.253. The van der Waals surface area contributed by atoms with Crippen molar-refractivity contribution in [1.82, 2.24) is 20.1 Å². The van der Waals surface area contributed by atoms with E-state index in [9.17, 15) is 4.79 Å². The van der Waals surface area contributed by atoms with Crippen LogP contribution in [-0.4, -0.2) is 48.5 Å². The molecule has 8 heteroatoms. The Hall–Kier alpha value is -1.55. The summed E-state index contributed by atoms with van der Waals surface area (Å²) in [6, 6.07) is 9.66. The van der Waals surface area contributed by atoms with Crippen molar-refractivity contribution in [2.24, 2.45) is 12.0 Å². The molecule has 1 aromatic heterocycles. The van der Waals surface area contributed by atoms with E-state index in [1.165, 1.54) is 5.69 Å². The minimum absolute atomic E-state index is 0. The summed E-state index contributed by atoms with van der Waals surface area (Å²) in [5.41, 5.74) is 2.93. The Bertz CT molecular complexity index is 790. The molecule has 2 rings (SSSR count). The van der Waals surface area contributed by atoms with Crippen LogP contribution in [0, 0.1) is 6.92 Å². The van der Waals surface area contributed by atoms with Gasteiger partial charge in [-0.1, -0.05) is 17.7 Å². The molecule has 6 nitrogen and oxygen atoms in total. The molecule has 0 saturated heterocycles. The number of rotatable bonds is 6. The van der Waals surface area contributed by atoms with Gasteiger partial charge in [-0.25, -0.2) is 0 Å². The van der Waals surface area contributed by atoms with Crippen molar-refractivity contribution >= 4 is 51.8 Å². The largest absolute Gasteiger partial charge is 0.354 e. The van der Waals surface area contributed by atoms with Crippen molar-refractivity contribution in [3.05, 3.63) is 57.8 Å². The standard InChI is InChI=1S/C19H26BrN5O.HI/c1-14-6-5-7-15(10-14)18(26)22-8-9-23-19(21-2)25(4)13-17-11-16(20)12-24(17)3;/h5-7,10-12H,8-9,13H2,1-4H3,(H,21,23)(H,22,26);1H. The molecule has 0 aliphatic heterocycles. The number of nitrogens with zero attached hydrogens (tertiary/aromatic N) is 3. The number of carbonyl (C=O) groups excluding carboxylic acids is 1. The van der Waals surface area contributed by atoms with E-state index in [0.29, 0.717) is 18.7 Å². The van der Waals surface area contributed by atoms with Gasteiger partial charge < -0.3 is 20.1 Å². The van der Waals surface area contributed by atoms with Crippen LogP contribution in [0.5, 0.6) is 0 Å². The van der Waals surface area contributed by atoms with Gasteiger partial charge in [0.05, 0.1) is 6.54 Å². The molecular formula is C19H27BrIN5O. The summed E-state index contributed by atoms with van der Waals surface area (Å²) < 4.78 is 3.14. The topological polar surface area (TPSA) is 61.7 Å². The highest BCUT2D eigenvalue weighted by Crippen LogP contribution is 2.14. The van der Waals surface area contributed by atoms with Crippen LogP contribution in [0.1, 0.15) is 21.6 Å². The van der Waals surface area contributed by atoms with Gasteiger partial charge in [0.1, 0.15) is 0 Å². The van der Waals surface area contributed by atoms with Gasteiger partial charge in [0, 0.05) is 56.2 Å². The molecule has 0 radical (unpaired) electrons. The lowest BCUT2D eigenvalue weighted by atomic mass is 10.1. The fourth-order valence-electron chi connectivity index (χ4n) is 2.66. The lowest BCUT2D eigenvalue weighted by molar-refractivity contribution is 0.0954. The van der Waals surface area contributed by atoms with E-state index in [1.54, 1.807) is 7.05 Å². The molecular weight excluding hydrogens is 521 g/mol. The zero-order valence-electron chi connectivity index (χ0n) is 16.1. The monoisotopic (exact) mass is 547 g/mol. The van der Waals surface area contributed by atoms with E-state index in [2.05, 4.69) is 42.2 Å². The highest BCUT2D eigenvalue weighted by Gasteiger charge is 2.10. The first-order chi connectivity index (χ1) is 12.4. The van der Waals surface area contributed by atoms with E-state index >= 15 is 0 Å². The maximum absolute atomic E-state index is 12.1. The summed E-state index contributed by atoms with van der Waals surface area (Å²) >= 11 is 3.49. The van der Waals surface area contributed by atoms with Gasteiger partial charge in [-0.3, -0.25) is 9.79 Å². The van der Waals surface area contributed by atoms with Crippen LogP contribution >= 0.6 is 39.9 Å². The summed E-state index contributed by atoms with van der Waals surface area (Å²) in [7, 11) is 5.76. The first kappa shape index (κ1) is 23.5. The molecule has 27 heavy (non-hydrogen) atoms. The summed E-state index contributed by atoms with van der Waals surface area (Å²) in [4.78, 5) is 18.5. The number of carbonyl (C=O) groups is 1. The first-order valence-corrected chi connectivity index (χ1v) is 9.27. The number of aromatic nitrogens is 1.